The van der Waals surface area contributed by atoms with Crippen LogP contribution in [0.5, 0.6) is 0 Å². The van der Waals surface area contributed by atoms with Crippen LogP contribution in [-0.4, -0.2) is 100 Å². The van der Waals surface area contributed by atoms with Crippen molar-refractivity contribution in [1.29, 1.82) is 5.26 Å². The average molecular weight is 860 g/mol. The van der Waals surface area contributed by atoms with Crippen molar-refractivity contribution < 1.29 is 24.0 Å². The van der Waals surface area contributed by atoms with E-state index in [4.69, 9.17) is 0 Å². The van der Waals surface area contributed by atoms with Gasteiger partial charge in [-0.05, 0) is 91.6 Å². The molecule has 3 fully saturated rings. The number of nitrogens with zero attached hydrogens (tertiary/aromatic N) is 5. The monoisotopic (exact) mass is 859 g/mol. The number of H-pyrrole nitrogens is 1. The summed E-state index contributed by atoms with van der Waals surface area (Å²) in [7, 11) is 0. The highest BCUT2D eigenvalue weighted by Crippen LogP contribution is 2.46. The van der Waals surface area contributed by atoms with Gasteiger partial charge in [-0.15, -0.1) is 0 Å². The minimum absolute atomic E-state index is 0.0495. The zero-order valence-corrected chi connectivity index (χ0v) is 37.3. The van der Waals surface area contributed by atoms with Crippen molar-refractivity contribution in [2.75, 3.05) is 44.2 Å². The maximum atomic E-state index is 14.1. The van der Waals surface area contributed by atoms with Crippen LogP contribution < -0.4 is 10.2 Å². The second-order valence-electron chi connectivity index (χ2n) is 18.7. The van der Waals surface area contributed by atoms with Crippen LogP contribution in [0.15, 0.2) is 48.5 Å². The number of carbonyl (C=O) groups excluding carboxylic acids is 5. The molecule has 9 rings (SSSR count). The Hall–Kier alpha value is -6.24. The topological polar surface area (TPSA) is 150 Å². The lowest BCUT2D eigenvalue weighted by Crippen LogP contribution is -2.54. The number of piperidine rings is 2. The number of piperazine rings is 1. The Morgan fingerprint density at radius 2 is 1.67 bits per heavy atom. The van der Waals surface area contributed by atoms with Gasteiger partial charge in [0, 0.05) is 116 Å². The number of aryl methyl sites for hydroxylation is 1. The summed E-state index contributed by atoms with van der Waals surface area (Å²) in [6.07, 6.45) is 8.62. The lowest BCUT2D eigenvalue weighted by molar-refractivity contribution is -0.137. The molecule has 330 valence electrons. The highest BCUT2D eigenvalue weighted by molar-refractivity contribution is 6.20. The van der Waals surface area contributed by atoms with Gasteiger partial charge in [0.2, 0.25) is 17.7 Å². The number of hydrogen-bond donors (Lipinski definition) is 2. The molecule has 1 aromatic heterocycles. The zero-order chi connectivity index (χ0) is 44.7. The van der Waals surface area contributed by atoms with Crippen molar-refractivity contribution in [3.05, 3.63) is 98.7 Å². The molecule has 3 saturated heterocycles. The van der Waals surface area contributed by atoms with Gasteiger partial charge < -0.3 is 19.7 Å². The van der Waals surface area contributed by atoms with Gasteiger partial charge in [-0.1, -0.05) is 57.6 Å². The number of unbranched alkanes of at least 4 members (excludes halogenated alkanes) is 4. The van der Waals surface area contributed by atoms with Crippen molar-refractivity contribution in [1.82, 2.24) is 25.0 Å². The fourth-order valence-electron chi connectivity index (χ4n) is 10.8. The van der Waals surface area contributed by atoms with Crippen LogP contribution in [0.4, 0.5) is 5.69 Å². The molecule has 0 saturated carbocycles. The normalized spacial score (nSPS) is 19.8. The van der Waals surface area contributed by atoms with E-state index in [-0.39, 0.29) is 29.9 Å². The van der Waals surface area contributed by atoms with Crippen molar-refractivity contribution in [3.63, 3.8) is 0 Å². The molecule has 1 aliphatic carbocycles. The summed E-state index contributed by atoms with van der Waals surface area (Å²) < 4.78 is 0. The van der Waals surface area contributed by atoms with E-state index in [1.807, 2.05) is 29.2 Å². The molecule has 12 nitrogen and oxygen atoms in total. The first-order chi connectivity index (χ1) is 31.0. The molecule has 2 N–H and O–H groups in total. The van der Waals surface area contributed by atoms with E-state index >= 15 is 0 Å². The number of aromatic amines is 1. The number of hydrogen-bond acceptors (Lipinski definition) is 8. The average Bonchev–Trinajstić information content (AvgIpc) is 3.87. The zero-order valence-electron chi connectivity index (χ0n) is 37.3. The van der Waals surface area contributed by atoms with Crippen molar-refractivity contribution in [2.45, 2.75) is 115 Å². The minimum Gasteiger partial charge on any atom is -0.371 e. The Kier molecular flexibility index (Phi) is 11.9. The molecule has 4 aromatic rings. The second-order valence-corrected chi connectivity index (χ2v) is 18.7. The molecule has 0 radical (unpaired) electrons. The van der Waals surface area contributed by atoms with E-state index in [1.54, 1.807) is 17.0 Å². The molecule has 12 heteroatoms. The fourth-order valence-corrected chi connectivity index (χ4v) is 10.8. The van der Waals surface area contributed by atoms with Gasteiger partial charge in [-0.3, -0.25) is 34.2 Å². The number of nitrogens with one attached hydrogen (secondary N) is 2. The highest BCUT2D eigenvalue weighted by atomic mass is 16.2. The van der Waals surface area contributed by atoms with Crippen LogP contribution in [0.3, 0.4) is 0 Å². The van der Waals surface area contributed by atoms with Gasteiger partial charge in [0.05, 0.1) is 17.2 Å². The quantitative estimate of drug-likeness (QED) is 0.101. The number of benzene rings is 3. The molecular formula is C52H57N7O5. The van der Waals surface area contributed by atoms with E-state index in [9.17, 15) is 29.2 Å². The summed E-state index contributed by atoms with van der Waals surface area (Å²) in [5.41, 5.74) is 9.10. The first-order valence-corrected chi connectivity index (χ1v) is 23.3. The second kappa shape index (κ2) is 17.7. The number of nitriles is 1. The Morgan fingerprint density at radius 1 is 0.891 bits per heavy atom. The summed E-state index contributed by atoms with van der Waals surface area (Å²) in [6.45, 7) is 12.1. The maximum Gasteiger partial charge on any atom is 0.255 e. The summed E-state index contributed by atoms with van der Waals surface area (Å²) >= 11 is 0. The third-order valence-corrected chi connectivity index (χ3v) is 14.5. The summed E-state index contributed by atoms with van der Waals surface area (Å²) in [4.78, 5) is 76.7. The van der Waals surface area contributed by atoms with Crippen molar-refractivity contribution in [2.24, 2.45) is 0 Å². The molecule has 3 aromatic carbocycles. The first kappa shape index (κ1) is 43.0. The highest BCUT2D eigenvalue weighted by Gasteiger charge is 2.42. The number of fused-ring (bicyclic) bond motifs is 5. The van der Waals surface area contributed by atoms with Gasteiger partial charge in [-0.25, -0.2) is 0 Å². The van der Waals surface area contributed by atoms with Crippen LogP contribution in [0.2, 0.25) is 0 Å². The van der Waals surface area contributed by atoms with Crippen molar-refractivity contribution in [3.8, 4) is 17.9 Å². The summed E-state index contributed by atoms with van der Waals surface area (Å²) in [6, 6.07) is 17.5. The van der Waals surface area contributed by atoms with Gasteiger partial charge >= 0.3 is 0 Å². The van der Waals surface area contributed by atoms with E-state index in [0.717, 1.165) is 135 Å². The van der Waals surface area contributed by atoms with Crippen LogP contribution in [0, 0.1) is 23.2 Å². The number of rotatable bonds is 10. The smallest absolute Gasteiger partial charge is 0.255 e. The van der Waals surface area contributed by atoms with Crippen molar-refractivity contribution >= 4 is 46.0 Å². The lowest BCUT2D eigenvalue weighted by atomic mass is 9.70. The Bertz CT molecular complexity index is 2660. The first-order valence-electron chi connectivity index (χ1n) is 23.3. The molecule has 64 heavy (non-hydrogen) atoms. The number of anilines is 1. The molecule has 5 aliphatic rings. The number of amides is 4. The molecular weight excluding hydrogens is 803 g/mol. The van der Waals surface area contributed by atoms with Gasteiger partial charge in [0.1, 0.15) is 6.04 Å². The fraction of sp³-hybridized carbons (Fsp3) is 0.462. The van der Waals surface area contributed by atoms with Gasteiger partial charge in [0.25, 0.3) is 5.91 Å². The number of ketones is 1. The summed E-state index contributed by atoms with van der Waals surface area (Å²) in [5.74, 6) is 5.92. The number of carbonyl (C=O) groups is 5. The van der Waals surface area contributed by atoms with Crippen LogP contribution in [0.1, 0.15) is 145 Å². The van der Waals surface area contributed by atoms with E-state index < -0.39 is 17.4 Å². The standard InChI is InChI=1S/C52H57N7O5/c1-4-34-29-39-41(52(2,3)49-47(48(39)62)38-17-16-33(31-53)28-42(38)54-49)30-44(34)57-22-20-36(21-23-57)56-24-26-58(27-25-56)46(61)15-10-8-6-5-7-9-12-35-13-11-14-37-40(35)32-59(51(37)64)43-18-19-45(60)55-50(43)63/h11,13-14,16-17,28-30,36,43,54H,4-8,10,15,18-27,32H2,1-3H3,(H,55,60,63). The van der Waals surface area contributed by atoms with E-state index in [1.165, 1.54) is 11.3 Å². The predicted octanol–water partition coefficient (Wildman–Crippen LogP) is 6.74. The number of aromatic nitrogens is 1. The summed E-state index contributed by atoms with van der Waals surface area (Å²) in [5, 5.41) is 12.7. The van der Waals surface area contributed by atoms with Crippen LogP contribution in [0.25, 0.3) is 10.9 Å². The third kappa shape index (κ3) is 7.98. The van der Waals surface area contributed by atoms with Gasteiger partial charge in [0.15, 0.2) is 5.78 Å². The Balaban J connectivity index is 0.711. The molecule has 1 atom stereocenters. The number of imide groups is 1. The lowest BCUT2D eigenvalue weighted by Gasteiger charge is -2.44. The SMILES string of the molecule is CCc1cc2c(cc1N1CCC(N3CCN(C(=O)CCCCCCC#Cc4cccc5c4CN(C4CCC(=O)NC4=O)C5=O)CC3)CC1)C(C)(C)c1[nH]c3cc(C#N)ccc3c1C2=O. The van der Waals surface area contributed by atoms with Gasteiger partial charge in [-0.2, -0.15) is 5.26 Å². The molecule has 0 spiro atoms. The van der Waals surface area contributed by atoms with E-state index in [0.29, 0.717) is 36.6 Å². The minimum atomic E-state index is -0.642. The molecule has 5 heterocycles. The van der Waals surface area contributed by atoms with Crippen LogP contribution >= 0.6 is 0 Å². The largest absolute Gasteiger partial charge is 0.371 e. The molecule has 1 unspecified atom stereocenters. The Labute approximate surface area is 375 Å². The van der Waals surface area contributed by atoms with Crippen LogP contribution in [-0.2, 0) is 32.8 Å². The molecule has 4 aliphatic heterocycles. The Morgan fingerprint density at radius 3 is 2.42 bits per heavy atom. The van der Waals surface area contributed by atoms with E-state index in [2.05, 4.69) is 70.9 Å². The maximum absolute atomic E-state index is 14.1. The molecule has 4 amide bonds. The predicted molar refractivity (Wildman–Crippen MR) is 245 cm³/mol. The molecule has 0 bridgehead atoms. The third-order valence-electron chi connectivity index (χ3n) is 14.5.